The number of methoxy groups -OCH3 is 1. The number of rotatable bonds is 6. The van der Waals surface area contributed by atoms with Gasteiger partial charge < -0.3 is 24.5 Å². The molecule has 0 spiro atoms. The van der Waals surface area contributed by atoms with Crippen molar-refractivity contribution < 1.29 is 24.2 Å². The minimum absolute atomic E-state index is 0.0655. The van der Waals surface area contributed by atoms with Gasteiger partial charge in [-0.1, -0.05) is 23.7 Å². The van der Waals surface area contributed by atoms with Crippen molar-refractivity contribution in [2.45, 2.75) is 18.9 Å². The number of benzene rings is 1. The summed E-state index contributed by atoms with van der Waals surface area (Å²) >= 11 is 6.00. The molecule has 2 heterocycles. The Balaban J connectivity index is 0.00000101. The molecule has 3 rings (SSSR count). The average molecular weight is 440 g/mol. The van der Waals surface area contributed by atoms with Crippen LogP contribution in [0.5, 0.6) is 0 Å². The molecule has 166 valence electrons. The number of ether oxygens (including phenoxy) is 1. The van der Waals surface area contributed by atoms with Gasteiger partial charge in [-0.2, -0.15) is 0 Å². The molecule has 1 N–H and O–H groups in total. The van der Waals surface area contributed by atoms with Gasteiger partial charge in [-0.25, -0.2) is 0 Å². The minimum Gasteiger partial charge on any atom is -0.483 e. The third-order valence-electron chi connectivity index (χ3n) is 5.47. The molecule has 2 saturated heterocycles. The Morgan fingerprint density at radius 3 is 2.37 bits per heavy atom. The molecule has 1 aromatic carbocycles. The molecular formula is C21H30ClN3O5. The van der Waals surface area contributed by atoms with Gasteiger partial charge in [0.2, 0.25) is 11.8 Å². The van der Waals surface area contributed by atoms with E-state index in [1.807, 2.05) is 48.2 Å². The number of halogens is 1. The second kappa shape index (κ2) is 10.7. The van der Waals surface area contributed by atoms with Gasteiger partial charge in [-0.3, -0.25) is 14.4 Å². The molecule has 2 amide bonds. The number of nitrogens with zero attached hydrogens (tertiary/aromatic N) is 3. The Hall–Kier alpha value is -2.16. The molecule has 0 bridgehead atoms. The number of carbonyl (C=O) groups excluding carboxylic acids is 2. The molecule has 0 saturated carbocycles. The maximum Gasteiger partial charge on any atom is 0.290 e. The zero-order valence-electron chi connectivity index (χ0n) is 17.7. The first-order valence-corrected chi connectivity index (χ1v) is 10.2. The summed E-state index contributed by atoms with van der Waals surface area (Å²) in [5.41, 5.74) is 0.508. The van der Waals surface area contributed by atoms with Crippen molar-refractivity contribution in [3.8, 4) is 0 Å². The first kappa shape index (κ1) is 24.1. The van der Waals surface area contributed by atoms with E-state index < -0.39 is 5.41 Å². The van der Waals surface area contributed by atoms with E-state index in [9.17, 15) is 9.59 Å². The Labute approximate surface area is 182 Å². The van der Waals surface area contributed by atoms with Crippen molar-refractivity contribution in [2.24, 2.45) is 5.41 Å². The van der Waals surface area contributed by atoms with Gasteiger partial charge >= 0.3 is 0 Å². The predicted molar refractivity (Wildman–Crippen MR) is 113 cm³/mol. The highest BCUT2D eigenvalue weighted by molar-refractivity contribution is 6.30. The maximum absolute atomic E-state index is 13.4. The molecular weight excluding hydrogens is 410 g/mol. The third kappa shape index (κ3) is 5.93. The number of likely N-dealkylation sites (N-methyl/N-ethyl adjacent to an activating group) is 1. The summed E-state index contributed by atoms with van der Waals surface area (Å²) in [4.78, 5) is 39.7. The molecule has 2 fully saturated rings. The third-order valence-corrected chi connectivity index (χ3v) is 5.72. The highest BCUT2D eigenvalue weighted by Crippen LogP contribution is 2.37. The van der Waals surface area contributed by atoms with E-state index in [0.29, 0.717) is 44.2 Å². The van der Waals surface area contributed by atoms with Gasteiger partial charge in [0.1, 0.15) is 0 Å². The maximum atomic E-state index is 13.4. The number of carbonyl (C=O) groups is 3. The molecule has 1 unspecified atom stereocenters. The smallest absolute Gasteiger partial charge is 0.290 e. The first-order chi connectivity index (χ1) is 14.2. The molecule has 1 aromatic rings. The van der Waals surface area contributed by atoms with Crippen LogP contribution in [0.2, 0.25) is 5.02 Å². The van der Waals surface area contributed by atoms with Crippen LogP contribution in [-0.2, 0) is 25.5 Å². The average Bonchev–Trinajstić information content (AvgIpc) is 3.14. The van der Waals surface area contributed by atoms with Crippen LogP contribution in [0.1, 0.15) is 12.0 Å². The van der Waals surface area contributed by atoms with Gasteiger partial charge in [-0.05, 0) is 44.6 Å². The van der Waals surface area contributed by atoms with Crippen LogP contribution in [0.15, 0.2) is 24.3 Å². The van der Waals surface area contributed by atoms with Gasteiger partial charge in [0.25, 0.3) is 6.47 Å². The largest absolute Gasteiger partial charge is 0.483 e. The summed E-state index contributed by atoms with van der Waals surface area (Å²) in [5, 5.41) is 7.57. The molecule has 30 heavy (non-hydrogen) atoms. The summed E-state index contributed by atoms with van der Waals surface area (Å²) < 4.78 is 5.41. The molecule has 2 aliphatic heterocycles. The van der Waals surface area contributed by atoms with Crippen LogP contribution < -0.4 is 0 Å². The van der Waals surface area contributed by atoms with Gasteiger partial charge in [0, 0.05) is 38.3 Å². The monoisotopic (exact) mass is 439 g/mol. The molecule has 8 nitrogen and oxygen atoms in total. The molecule has 1 atom stereocenters. The Morgan fingerprint density at radius 2 is 1.87 bits per heavy atom. The number of likely N-dealkylation sites (tertiary alicyclic amines) is 2. The molecule has 2 aliphatic rings. The molecule has 0 aliphatic carbocycles. The topological polar surface area (TPSA) is 90.4 Å². The van der Waals surface area contributed by atoms with Crippen molar-refractivity contribution >= 4 is 29.9 Å². The minimum atomic E-state index is -0.557. The van der Waals surface area contributed by atoms with Gasteiger partial charge in [0.15, 0.2) is 0 Å². The zero-order chi connectivity index (χ0) is 22.3. The van der Waals surface area contributed by atoms with E-state index in [1.165, 1.54) is 0 Å². The Kier molecular flexibility index (Phi) is 8.64. The van der Waals surface area contributed by atoms with E-state index in [-0.39, 0.29) is 24.4 Å². The fourth-order valence-electron chi connectivity index (χ4n) is 3.99. The quantitative estimate of drug-likeness (QED) is 0.670. The van der Waals surface area contributed by atoms with E-state index in [4.69, 9.17) is 26.2 Å². The van der Waals surface area contributed by atoms with E-state index in [0.717, 1.165) is 12.0 Å². The number of hydrogen-bond acceptors (Lipinski definition) is 5. The second-order valence-corrected chi connectivity index (χ2v) is 8.51. The summed E-state index contributed by atoms with van der Waals surface area (Å²) in [6.45, 7) is 2.39. The van der Waals surface area contributed by atoms with Crippen molar-refractivity contribution in [3.63, 3.8) is 0 Å². The second-order valence-electron chi connectivity index (χ2n) is 8.07. The lowest BCUT2D eigenvalue weighted by atomic mass is 9.73. The van der Waals surface area contributed by atoms with Crippen LogP contribution >= 0.6 is 11.6 Å². The summed E-state index contributed by atoms with van der Waals surface area (Å²) in [6.07, 6.45) is 1.58. The van der Waals surface area contributed by atoms with Crippen molar-refractivity contribution in [1.82, 2.24) is 14.7 Å². The van der Waals surface area contributed by atoms with Crippen molar-refractivity contribution in [3.05, 3.63) is 34.9 Å². The highest BCUT2D eigenvalue weighted by Gasteiger charge is 2.53. The standard InChI is InChI=1S/C20H28ClN3O3.CH2O2/c1-22(2)12-18(25)24-13-20(14-24,10-15-4-6-16(21)7-5-15)19(26)23-9-8-17(11-23)27-3;2-1-3/h4-7,17H,8-14H2,1-3H3;1H,(H,2,3). The number of hydrogen-bond donors (Lipinski definition) is 1. The lowest BCUT2D eigenvalue weighted by Gasteiger charge is -2.50. The number of amides is 2. The van der Waals surface area contributed by atoms with E-state index >= 15 is 0 Å². The van der Waals surface area contributed by atoms with Crippen LogP contribution in [0.4, 0.5) is 0 Å². The number of carboxylic acid groups (broad SMARTS) is 1. The van der Waals surface area contributed by atoms with Gasteiger partial charge in [0.05, 0.1) is 18.1 Å². The highest BCUT2D eigenvalue weighted by atomic mass is 35.5. The zero-order valence-corrected chi connectivity index (χ0v) is 18.5. The Morgan fingerprint density at radius 1 is 1.27 bits per heavy atom. The van der Waals surface area contributed by atoms with E-state index in [1.54, 1.807) is 12.0 Å². The fraction of sp³-hybridized carbons (Fsp3) is 0.571. The van der Waals surface area contributed by atoms with Crippen LogP contribution in [-0.4, -0.2) is 98.1 Å². The summed E-state index contributed by atoms with van der Waals surface area (Å²) in [7, 11) is 5.44. The lowest BCUT2D eigenvalue weighted by molar-refractivity contribution is -0.160. The Bertz CT molecular complexity index is 735. The normalized spacial score (nSPS) is 19.7. The summed E-state index contributed by atoms with van der Waals surface area (Å²) in [6, 6.07) is 7.62. The fourth-order valence-corrected chi connectivity index (χ4v) is 4.11. The van der Waals surface area contributed by atoms with Crippen LogP contribution in [0, 0.1) is 5.41 Å². The lowest BCUT2D eigenvalue weighted by Crippen LogP contribution is -2.66. The summed E-state index contributed by atoms with van der Waals surface area (Å²) in [5.74, 6) is 0.196. The van der Waals surface area contributed by atoms with E-state index in [2.05, 4.69) is 0 Å². The molecule has 9 heteroatoms. The van der Waals surface area contributed by atoms with Crippen molar-refractivity contribution in [2.75, 3.05) is 53.9 Å². The van der Waals surface area contributed by atoms with Crippen molar-refractivity contribution in [1.29, 1.82) is 0 Å². The SMILES string of the molecule is COC1CCN(C(=O)C2(Cc3ccc(Cl)cc3)CN(C(=O)CN(C)C)C2)C1.O=CO. The van der Waals surface area contributed by atoms with Crippen LogP contribution in [0.25, 0.3) is 0 Å². The predicted octanol–water partition coefficient (Wildman–Crippen LogP) is 1.22. The van der Waals surface area contributed by atoms with Gasteiger partial charge in [-0.15, -0.1) is 0 Å². The molecule has 0 aromatic heterocycles. The first-order valence-electron chi connectivity index (χ1n) is 9.81. The van der Waals surface area contributed by atoms with Crippen LogP contribution in [0.3, 0.4) is 0 Å². The molecule has 0 radical (unpaired) electrons.